The van der Waals surface area contributed by atoms with Gasteiger partial charge in [0.15, 0.2) is 0 Å². The van der Waals surface area contributed by atoms with Crippen LogP contribution in [0.4, 0.5) is 0 Å². The van der Waals surface area contributed by atoms with Crippen LogP contribution in [0.25, 0.3) is 0 Å². The molecule has 1 N–H and O–H groups in total. The molecule has 0 spiro atoms. The summed E-state index contributed by atoms with van der Waals surface area (Å²) in [5.74, 6) is 0.425. The molecule has 0 unspecified atom stereocenters. The molecule has 2 aliphatic rings. The predicted octanol–water partition coefficient (Wildman–Crippen LogP) is 0.541. The van der Waals surface area contributed by atoms with Crippen molar-refractivity contribution < 1.29 is 8.42 Å². The second-order valence-corrected chi connectivity index (χ2v) is 6.92. The average Bonchev–Trinajstić information content (AvgIpc) is 3.01. The Hall–Kier alpha value is -1.42. The molecule has 1 aromatic rings. The maximum absolute atomic E-state index is 12.6. The second-order valence-electron chi connectivity index (χ2n) is 5.03. The minimum atomic E-state index is -3.48. The summed E-state index contributed by atoms with van der Waals surface area (Å²) in [5, 5.41) is 12.1. The standard InChI is InChI=1S/C13H15N3O2S/c14-7-10-2-1-3-12(6-10)19(17,18)16-5-4-11-8-15-9-13(11)16/h1-3,6,11,13,15H,4-5,8-9H2/t11-,13+/m0/s1. The second kappa shape index (κ2) is 4.60. The van der Waals surface area contributed by atoms with E-state index < -0.39 is 10.0 Å². The average molecular weight is 277 g/mol. The van der Waals surface area contributed by atoms with Crippen molar-refractivity contribution >= 4 is 10.0 Å². The summed E-state index contributed by atoms with van der Waals surface area (Å²) in [6.45, 7) is 2.20. The van der Waals surface area contributed by atoms with E-state index >= 15 is 0 Å². The third-order valence-electron chi connectivity index (χ3n) is 3.96. The molecule has 2 heterocycles. The Balaban J connectivity index is 1.96. The van der Waals surface area contributed by atoms with Gasteiger partial charge in [-0.3, -0.25) is 0 Å². The molecule has 2 aliphatic heterocycles. The zero-order chi connectivity index (χ0) is 13.5. The zero-order valence-corrected chi connectivity index (χ0v) is 11.2. The van der Waals surface area contributed by atoms with E-state index in [1.165, 1.54) is 6.07 Å². The molecule has 0 bridgehead atoms. The van der Waals surface area contributed by atoms with E-state index in [-0.39, 0.29) is 10.9 Å². The number of hydrogen-bond acceptors (Lipinski definition) is 4. The van der Waals surface area contributed by atoms with Gasteiger partial charge in [-0.05, 0) is 37.1 Å². The van der Waals surface area contributed by atoms with Gasteiger partial charge in [-0.15, -0.1) is 0 Å². The summed E-state index contributed by atoms with van der Waals surface area (Å²) in [5.41, 5.74) is 0.376. The topological polar surface area (TPSA) is 73.2 Å². The molecule has 100 valence electrons. The van der Waals surface area contributed by atoms with Crippen LogP contribution in [-0.2, 0) is 10.0 Å². The van der Waals surface area contributed by atoms with E-state index in [2.05, 4.69) is 5.32 Å². The van der Waals surface area contributed by atoms with Crippen molar-refractivity contribution in [3.8, 4) is 6.07 Å². The molecule has 6 heteroatoms. The highest BCUT2D eigenvalue weighted by Gasteiger charge is 2.43. The van der Waals surface area contributed by atoms with Crippen LogP contribution in [0.5, 0.6) is 0 Å². The Morgan fingerprint density at radius 3 is 3.00 bits per heavy atom. The molecule has 0 saturated carbocycles. The third kappa shape index (κ3) is 2.04. The van der Waals surface area contributed by atoms with E-state index in [0.29, 0.717) is 18.0 Å². The lowest BCUT2D eigenvalue weighted by atomic mass is 10.1. The largest absolute Gasteiger partial charge is 0.315 e. The lowest BCUT2D eigenvalue weighted by molar-refractivity contribution is 0.383. The monoisotopic (exact) mass is 277 g/mol. The van der Waals surface area contributed by atoms with Crippen molar-refractivity contribution in [1.82, 2.24) is 9.62 Å². The molecule has 0 aromatic heterocycles. The number of fused-ring (bicyclic) bond motifs is 1. The highest BCUT2D eigenvalue weighted by atomic mass is 32.2. The molecule has 5 nitrogen and oxygen atoms in total. The molecule has 2 saturated heterocycles. The Labute approximate surface area is 112 Å². The fourth-order valence-corrected chi connectivity index (χ4v) is 4.72. The van der Waals surface area contributed by atoms with E-state index in [4.69, 9.17) is 5.26 Å². The van der Waals surface area contributed by atoms with Crippen LogP contribution in [-0.4, -0.2) is 38.4 Å². The van der Waals surface area contributed by atoms with E-state index in [9.17, 15) is 8.42 Å². The summed E-state index contributed by atoms with van der Waals surface area (Å²) in [6.07, 6.45) is 0.912. The molecule has 3 rings (SSSR count). The summed E-state index contributed by atoms with van der Waals surface area (Å²) in [7, 11) is -3.48. The van der Waals surface area contributed by atoms with Crippen LogP contribution in [0, 0.1) is 17.2 Å². The molecule has 0 amide bonds. The van der Waals surface area contributed by atoms with E-state index in [1.54, 1.807) is 22.5 Å². The maximum atomic E-state index is 12.6. The Kier molecular flexibility index (Phi) is 3.05. The highest BCUT2D eigenvalue weighted by Crippen LogP contribution is 2.32. The quantitative estimate of drug-likeness (QED) is 0.856. The number of nitriles is 1. The summed E-state index contributed by atoms with van der Waals surface area (Å²) in [4.78, 5) is 0.221. The molecule has 0 radical (unpaired) electrons. The van der Waals surface area contributed by atoms with Crippen molar-refractivity contribution in [2.75, 3.05) is 19.6 Å². The van der Waals surface area contributed by atoms with Gasteiger partial charge in [-0.1, -0.05) is 6.07 Å². The lowest BCUT2D eigenvalue weighted by Gasteiger charge is -2.22. The van der Waals surface area contributed by atoms with Crippen LogP contribution >= 0.6 is 0 Å². The maximum Gasteiger partial charge on any atom is 0.243 e. The first-order valence-electron chi connectivity index (χ1n) is 6.35. The first-order chi connectivity index (χ1) is 9.13. The van der Waals surface area contributed by atoms with Crippen molar-refractivity contribution in [3.63, 3.8) is 0 Å². The van der Waals surface area contributed by atoms with Crippen LogP contribution in [0.2, 0.25) is 0 Å². The molecule has 2 fully saturated rings. The molecular formula is C13H15N3O2S. The summed E-state index contributed by atoms with van der Waals surface area (Å²) in [6, 6.07) is 8.29. The van der Waals surface area contributed by atoms with Crippen molar-refractivity contribution in [3.05, 3.63) is 29.8 Å². The van der Waals surface area contributed by atoms with Gasteiger partial charge in [-0.2, -0.15) is 9.57 Å². The third-order valence-corrected chi connectivity index (χ3v) is 5.88. The van der Waals surface area contributed by atoms with Gasteiger partial charge < -0.3 is 5.32 Å². The van der Waals surface area contributed by atoms with E-state index in [1.807, 2.05) is 6.07 Å². The molecule has 2 atom stereocenters. The van der Waals surface area contributed by atoms with Crippen LogP contribution in [0.15, 0.2) is 29.2 Å². The van der Waals surface area contributed by atoms with Crippen LogP contribution in [0.3, 0.4) is 0 Å². The number of benzene rings is 1. The Bertz CT molecular complexity index is 636. The highest BCUT2D eigenvalue weighted by molar-refractivity contribution is 7.89. The Morgan fingerprint density at radius 1 is 1.37 bits per heavy atom. The van der Waals surface area contributed by atoms with Crippen LogP contribution in [0.1, 0.15) is 12.0 Å². The van der Waals surface area contributed by atoms with Gasteiger partial charge in [0, 0.05) is 19.1 Å². The zero-order valence-electron chi connectivity index (χ0n) is 10.4. The van der Waals surface area contributed by atoms with Crippen molar-refractivity contribution in [2.45, 2.75) is 17.4 Å². The molecule has 1 aromatic carbocycles. The number of rotatable bonds is 2. The first-order valence-corrected chi connectivity index (χ1v) is 7.79. The first kappa shape index (κ1) is 12.6. The summed E-state index contributed by atoms with van der Waals surface area (Å²) < 4.78 is 26.9. The van der Waals surface area contributed by atoms with Crippen molar-refractivity contribution in [1.29, 1.82) is 5.26 Å². The molecular weight excluding hydrogens is 262 g/mol. The van der Waals surface area contributed by atoms with Gasteiger partial charge >= 0.3 is 0 Å². The Morgan fingerprint density at radius 2 is 2.21 bits per heavy atom. The van der Waals surface area contributed by atoms with Gasteiger partial charge in [0.25, 0.3) is 0 Å². The molecule has 0 aliphatic carbocycles. The smallest absolute Gasteiger partial charge is 0.243 e. The number of nitrogens with one attached hydrogen (secondary N) is 1. The fourth-order valence-electron chi connectivity index (χ4n) is 2.97. The van der Waals surface area contributed by atoms with Gasteiger partial charge in [0.05, 0.1) is 16.5 Å². The number of sulfonamides is 1. The predicted molar refractivity (Wildman–Crippen MR) is 69.8 cm³/mol. The van der Waals surface area contributed by atoms with E-state index in [0.717, 1.165) is 19.5 Å². The minimum absolute atomic E-state index is 0.0655. The lowest BCUT2D eigenvalue weighted by Crippen LogP contribution is -2.39. The van der Waals surface area contributed by atoms with Gasteiger partial charge in [0.2, 0.25) is 10.0 Å². The van der Waals surface area contributed by atoms with Gasteiger partial charge in [-0.25, -0.2) is 8.42 Å². The minimum Gasteiger partial charge on any atom is -0.315 e. The number of hydrogen-bond donors (Lipinski definition) is 1. The normalized spacial score (nSPS) is 27.1. The van der Waals surface area contributed by atoms with Crippen LogP contribution < -0.4 is 5.32 Å². The molecule has 19 heavy (non-hydrogen) atoms. The van der Waals surface area contributed by atoms with Crippen molar-refractivity contribution in [2.24, 2.45) is 5.92 Å². The fraction of sp³-hybridized carbons (Fsp3) is 0.462. The number of nitrogens with zero attached hydrogens (tertiary/aromatic N) is 2. The van der Waals surface area contributed by atoms with Gasteiger partial charge in [0.1, 0.15) is 0 Å². The SMILES string of the molecule is N#Cc1cccc(S(=O)(=O)N2CC[C@H]3CNC[C@H]32)c1. The summed E-state index contributed by atoms with van der Waals surface area (Å²) >= 11 is 0.